The van der Waals surface area contributed by atoms with Crippen molar-refractivity contribution >= 4 is 29.1 Å². The number of dihydropyridines is 1. The van der Waals surface area contributed by atoms with Crippen molar-refractivity contribution in [2.75, 3.05) is 11.1 Å². The second-order valence-electron chi connectivity index (χ2n) is 7.78. The third kappa shape index (κ3) is 4.99. The predicted molar refractivity (Wildman–Crippen MR) is 121 cm³/mol. The highest BCUT2D eigenvalue weighted by Crippen LogP contribution is 2.43. The van der Waals surface area contributed by atoms with E-state index in [-0.39, 0.29) is 17.2 Å². The van der Waals surface area contributed by atoms with E-state index in [0.29, 0.717) is 41.0 Å². The number of carbonyl (C=O) groups excluding carboxylic acids is 2. The van der Waals surface area contributed by atoms with Crippen LogP contribution in [0.3, 0.4) is 0 Å². The third-order valence-corrected chi connectivity index (χ3v) is 6.52. The molecule has 10 heteroatoms. The lowest BCUT2D eigenvalue weighted by molar-refractivity contribution is -0.137. The van der Waals surface area contributed by atoms with Crippen LogP contribution < -0.4 is 10.6 Å². The Morgan fingerprint density at radius 1 is 1.26 bits per heavy atom. The van der Waals surface area contributed by atoms with Crippen molar-refractivity contribution in [2.45, 2.75) is 31.4 Å². The van der Waals surface area contributed by atoms with Gasteiger partial charge in [-0.15, -0.1) is 0 Å². The minimum absolute atomic E-state index is 0.0262. The van der Waals surface area contributed by atoms with Gasteiger partial charge in [-0.1, -0.05) is 23.9 Å². The van der Waals surface area contributed by atoms with Crippen molar-refractivity contribution in [3.63, 3.8) is 0 Å². The number of alkyl halides is 3. The Kier molecular flexibility index (Phi) is 6.75. The summed E-state index contributed by atoms with van der Waals surface area (Å²) in [7, 11) is 0. The normalized spacial score (nSPS) is 18.2. The van der Waals surface area contributed by atoms with Gasteiger partial charge in [-0.3, -0.25) is 14.6 Å². The number of nitrogens with one attached hydrogen (secondary N) is 2. The Bertz CT molecular complexity index is 1230. The summed E-state index contributed by atoms with van der Waals surface area (Å²) in [5.41, 5.74) is 1.46. The molecule has 1 aromatic carbocycles. The number of thioether (sulfide) groups is 1. The van der Waals surface area contributed by atoms with Gasteiger partial charge >= 0.3 is 6.18 Å². The topological polar surface area (TPSA) is 94.9 Å². The van der Waals surface area contributed by atoms with Crippen molar-refractivity contribution in [1.29, 1.82) is 5.26 Å². The fourth-order valence-corrected chi connectivity index (χ4v) is 4.89. The molecule has 1 aliphatic heterocycles. The van der Waals surface area contributed by atoms with Gasteiger partial charge < -0.3 is 10.6 Å². The summed E-state index contributed by atoms with van der Waals surface area (Å²) < 4.78 is 38.8. The zero-order chi connectivity index (χ0) is 24.3. The number of anilines is 1. The number of rotatable bonds is 5. The molecule has 1 aromatic heterocycles. The average Bonchev–Trinajstić information content (AvgIpc) is 2.82. The van der Waals surface area contributed by atoms with Gasteiger partial charge in [-0.05, 0) is 42.7 Å². The molecule has 1 atom stereocenters. The lowest BCUT2D eigenvalue weighted by Gasteiger charge is -2.33. The van der Waals surface area contributed by atoms with Crippen molar-refractivity contribution in [3.05, 3.63) is 81.8 Å². The van der Waals surface area contributed by atoms with Crippen molar-refractivity contribution in [2.24, 2.45) is 0 Å². The van der Waals surface area contributed by atoms with Crippen LogP contribution in [0.15, 0.2) is 70.7 Å². The Morgan fingerprint density at radius 3 is 2.79 bits per heavy atom. The van der Waals surface area contributed by atoms with Crippen LogP contribution in [0.1, 0.15) is 36.3 Å². The standard InChI is InChI=1S/C24H19F3N4O2S/c25-24(26,27)15-5-1-6-16(10-15)30-20(33)13-34-23-17(11-28)21(14-4-3-9-29-12-14)22-18(31-23)7-2-8-19(22)32/h1,3-6,9-10,12,21,31H,2,7-8,13H2,(H,30,33)/t21-/m0/s1. The van der Waals surface area contributed by atoms with E-state index in [4.69, 9.17) is 0 Å². The smallest absolute Gasteiger partial charge is 0.352 e. The van der Waals surface area contributed by atoms with E-state index in [1.165, 1.54) is 12.1 Å². The van der Waals surface area contributed by atoms with Crippen LogP contribution in [0.2, 0.25) is 0 Å². The monoisotopic (exact) mass is 484 g/mol. The van der Waals surface area contributed by atoms with E-state index < -0.39 is 23.6 Å². The molecule has 2 aromatic rings. The minimum Gasteiger partial charge on any atom is -0.352 e. The van der Waals surface area contributed by atoms with E-state index in [1.54, 1.807) is 24.5 Å². The molecule has 174 valence electrons. The molecule has 0 bridgehead atoms. The van der Waals surface area contributed by atoms with Gasteiger partial charge in [0.2, 0.25) is 5.91 Å². The van der Waals surface area contributed by atoms with Crippen LogP contribution in [0.4, 0.5) is 18.9 Å². The van der Waals surface area contributed by atoms with Gasteiger partial charge in [0.05, 0.1) is 33.9 Å². The Labute approximate surface area is 197 Å². The number of allylic oxidation sites excluding steroid dienone is 3. The van der Waals surface area contributed by atoms with Crippen LogP contribution in [-0.4, -0.2) is 22.4 Å². The summed E-state index contributed by atoms with van der Waals surface area (Å²) in [4.78, 5) is 29.3. The predicted octanol–water partition coefficient (Wildman–Crippen LogP) is 4.90. The van der Waals surface area contributed by atoms with Crippen LogP contribution in [0.5, 0.6) is 0 Å². The summed E-state index contributed by atoms with van der Waals surface area (Å²) in [6.07, 6.45) is 0.419. The highest BCUT2D eigenvalue weighted by atomic mass is 32.2. The first-order valence-electron chi connectivity index (χ1n) is 10.5. The minimum atomic E-state index is -4.52. The first-order chi connectivity index (χ1) is 16.3. The maximum absolute atomic E-state index is 12.9. The molecule has 2 aliphatic rings. The summed E-state index contributed by atoms with van der Waals surface area (Å²) in [6.45, 7) is 0. The maximum atomic E-state index is 12.9. The van der Waals surface area contributed by atoms with Gasteiger partial charge in [0.15, 0.2) is 5.78 Å². The van der Waals surface area contributed by atoms with E-state index in [0.717, 1.165) is 29.6 Å². The largest absolute Gasteiger partial charge is 0.416 e. The molecule has 0 unspecified atom stereocenters. The summed E-state index contributed by atoms with van der Waals surface area (Å²) in [5, 5.41) is 16.0. The SMILES string of the molecule is N#CC1=C(SCC(=O)Nc2cccc(C(F)(F)F)c2)NC2=C(C(=O)CCC2)[C@H]1c1cccnc1. The highest BCUT2D eigenvalue weighted by molar-refractivity contribution is 8.03. The lowest BCUT2D eigenvalue weighted by atomic mass is 9.77. The Morgan fingerprint density at radius 2 is 2.09 bits per heavy atom. The molecule has 34 heavy (non-hydrogen) atoms. The van der Waals surface area contributed by atoms with Crippen LogP contribution in [0.25, 0.3) is 0 Å². The number of amides is 1. The summed E-state index contributed by atoms with van der Waals surface area (Å²) in [5.74, 6) is -1.27. The van der Waals surface area contributed by atoms with Crippen molar-refractivity contribution in [1.82, 2.24) is 10.3 Å². The molecule has 6 nitrogen and oxygen atoms in total. The fraction of sp³-hybridized carbons (Fsp3) is 0.250. The molecule has 0 spiro atoms. The number of halogens is 3. The Hall–Kier alpha value is -3.58. The van der Waals surface area contributed by atoms with Gasteiger partial charge in [0, 0.05) is 35.8 Å². The molecule has 0 radical (unpaired) electrons. The molecular formula is C24H19F3N4O2S. The molecule has 2 N–H and O–H groups in total. The van der Waals surface area contributed by atoms with Crippen LogP contribution in [-0.2, 0) is 15.8 Å². The van der Waals surface area contributed by atoms with Crippen LogP contribution in [0, 0.1) is 11.3 Å². The number of hydrogen-bond donors (Lipinski definition) is 2. The molecule has 1 amide bonds. The van der Waals surface area contributed by atoms with Crippen LogP contribution >= 0.6 is 11.8 Å². The summed E-state index contributed by atoms with van der Waals surface area (Å²) in [6, 6.07) is 10.1. The number of nitriles is 1. The van der Waals surface area contributed by atoms with E-state index >= 15 is 0 Å². The fourth-order valence-electron chi connectivity index (χ4n) is 4.03. The lowest BCUT2D eigenvalue weighted by Crippen LogP contribution is -2.31. The first-order valence-corrected chi connectivity index (χ1v) is 11.4. The Balaban J connectivity index is 1.56. The van der Waals surface area contributed by atoms with Crippen molar-refractivity contribution < 1.29 is 22.8 Å². The van der Waals surface area contributed by atoms with Gasteiger partial charge in [-0.2, -0.15) is 18.4 Å². The number of aromatic nitrogens is 1. The molecule has 0 saturated heterocycles. The van der Waals surface area contributed by atoms with E-state index in [2.05, 4.69) is 21.7 Å². The number of ketones is 1. The zero-order valence-electron chi connectivity index (χ0n) is 17.8. The van der Waals surface area contributed by atoms with Gasteiger partial charge in [0.1, 0.15) is 0 Å². The number of nitrogens with zero attached hydrogens (tertiary/aromatic N) is 2. The first kappa shape index (κ1) is 23.6. The van der Waals surface area contributed by atoms with Crippen molar-refractivity contribution in [3.8, 4) is 6.07 Å². The molecule has 2 heterocycles. The zero-order valence-corrected chi connectivity index (χ0v) is 18.6. The van der Waals surface area contributed by atoms with Gasteiger partial charge in [-0.25, -0.2) is 0 Å². The third-order valence-electron chi connectivity index (χ3n) is 5.50. The second-order valence-corrected chi connectivity index (χ2v) is 8.77. The maximum Gasteiger partial charge on any atom is 0.416 e. The second kappa shape index (κ2) is 9.73. The number of Topliss-reactive ketones (excluding diaryl/α,β-unsaturated/α-hetero) is 1. The van der Waals surface area contributed by atoms with E-state index in [9.17, 15) is 28.0 Å². The average molecular weight is 485 g/mol. The molecule has 0 fully saturated rings. The number of pyridine rings is 1. The van der Waals surface area contributed by atoms with E-state index in [1.807, 2.05) is 0 Å². The number of carbonyl (C=O) groups is 2. The quantitative estimate of drug-likeness (QED) is 0.627. The van der Waals surface area contributed by atoms with Gasteiger partial charge in [0.25, 0.3) is 0 Å². The molecule has 1 aliphatic carbocycles. The number of hydrogen-bond acceptors (Lipinski definition) is 6. The highest BCUT2D eigenvalue weighted by Gasteiger charge is 2.37. The molecular weight excluding hydrogens is 465 g/mol. The molecule has 0 saturated carbocycles. The summed E-state index contributed by atoms with van der Waals surface area (Å²) >= 11 is 1.07. The molecule has 4 rings (SSSR count). The number of benzene rings is 1.